The normalized spacial score (nSPS) is 10.6. The van der Waals surface area contributed by atoms with E-state index in [-0.39, 0.29) is 15.7 Å². The fourth-order valence-electron chi connectivity index (χ4n) is 1.59. The quantitative estimate of drug-likeness (QED) is 0.611. The number of anilines is 3. The minimum atomic E-state index is -0.683. The van der Waals surface area contributed by atoms with E-state index in [9.17, 15) is 8.78 Å². The van der Waals surface area contributed by atoms with Crippen molar-refractivity contribution >= 4 is 40.3 Å². The highest BCUT2D eigenvalue weighted by Gasteiger charge is 2.10. The molecule has 2 rings (SSSR count). The highest BCUT2D eigenvalue weighted by molar-refractivity contribution is 6.35. The van der Waals surface area contributed by atoms with Crippen LogP contribution in [0, 0.1) is 18.6 Å². The largest absolute Gasteiger partial charge is 0.397 e. The summed E-state index contributed by atoms with van der Waals surface area (Å²) < 4.78 is 26.6. The van der Waals surface area contributed by atoms with Crippen LogP contribution in [0.25, 0.3) is 0 Å². The Hall–Kier alpha value is -1.52. The van der Waals surface area contributed by atoms with Gasteiger partial charge in [-0.1, -0.05) is 23.2 Å². The minimum absolute atomic E-state index is 0.104. The predicted molar refractivity (Wildman–Crippen MR) is 75.3 cm³/mol. The van der Waals surface area contributed by atoms with Gasteiger partial charge in [0.15, 0.2) is 5.82 Å². The van der Waals surface area contributed by atoms with Gasteiger partial charge in [0.05, 0.1) is 21.4 Å². The van der Waals surface area contributed by atoms with Gasteiger partial charge in [-0.25, -0.2) is 8.78 Å². The predicted octanol–water partition coefficient (Wildman–Crippen LogP) is 4.91. The second-order valence-electron chi connectivity index (χ2n) is 4.07. The molecule has 2 nitrogen and oxygen atoms in total. The molecule has 0 aliphatic heterocycles. The van der Waals surface area contributed by atoms with Crippen molar-refractivity contribution in [2.75, 3.05) is 11.1 Å². The molecule has 0 atom stereocenters. The van der Waals surface area contributed by atoms with Gasteiger partial charge >= 0.3 is 0 Å². The van der Waals surface area contributed by atoms with E-state index in [0.29, 0.717) is 16.9 Å². The van der Waals surface area contributed by atoms with Crippen LogP contribution in [0.2, 0.25) is 10.0 Å². The third-order valence-electron chi connectivity index (χ3n) is 2.59. The van der Waals surface area contributed by atoms with Crippen molar-refractivity contribution in [3.63, 3.8) is 0 Å². The topological polar surface area (TPSA) is 38.0 Å². The Bertz CT molecular complexity index is 622. The lowest BCUT2D eigenvalue weighted by Crippen LogP contribution is -1.99. The minimum Gasteiger partial charge on any atom is -0.397 e. The van der Waals surface area contributed by atoms with Crippen LogP contribution in [-0.2, 0) is 0 Å². The first-order valence-electron chi connectivity index (χ1n) is 5.35. The van der Waals surface area contributed by atoms with Crippen molar-refractivity contribution in [2.24, 2.45) is 0 Å². The monoisotopic (exact) mass is 302 g/mol. The molecule has 0 aliphatic carbocycles. The van der Waals surface area contributed by atoms with Gasteiger partial charge in [-0.05, 0) is 36.8 Å². The summed E-state index contributed by atoms with van der Waals surface area (Å²) in [5.74, 6) is -1.07. The van der Waals surface area contributed by atoms with Crippen molar-refractivity contribution in [3.8, 4) is 0 Å². The number of rotatable bonds is 2. The molecule has 0 aliphatic rings. The van der Waals surface area contributed by atoms with Crippen molar-refractivity contribution < 1.29 is 8.78 Å². The fraction of sp³-hybridized carbons (Fsp3) is 0.0769. The number of hydrogen-bond acceptors (Lipinski definition) is 2. The molecule has 0 saturated carbocycles. The first kappa shape index (κ1) is 13.9. The molecule has 0 radical (unpaired) electrons. The highest BCUT2D eigenvalue weighted by Crippen LogP contribution is 2.31. The van der Waals surface area contributed by atoms with Gasteiger partial charge in [0, 0.05) is 5.69 Å². The van der Waals surface area contributed by atoms with Gasteiger partial charge in [0.1, 0.15) is 5.82 Å². The highest BCUT2D eigenvalue weighted by atomic mass is 35.5. The average Bonchev–Trinajstić information content (AvgIpc) is 2.33. The van der Waals surface area contributed by atoms with Crippen LogP contribution in [0.5, 0.6) is 0 Å². The molecule has 0 heterocycles. The summed E-state index contributed by atoms with van der Waals surface area (Å²) in [6, 6.07) is 5.52. The lowest BCUT2D eigenvalue weighted by atomic mass is 10.1. The maximum Gasteiger partial charge on any atom is 0.160 e. The summed E-state index contributed by atoms with van der Waals surface area (Å²) in [6.45, 7) is 1.62. The van der Waals surface area contributed by atoms with Crippen LogP contribution >= 0.6 is 23.2 Å². The molecule has 2 aromatic carbocycles. The summed E-state index contributed by atoms with van der Waals surface area (Å²) in [6.07, 6.45) is 0. The van der Waals surface area contributed by atoms with E-state index in [2.05, 4.69) is 5.32 Å². The SMILES string of the molecule is Cc1cc(Nc2cc(Cl)c(F)c(Cl)c2)c(N)cc1F. The van der Waals surface area contributed by atoms with Crippen molar-refractivity contribution in [3.05, 3.63) is 51.5 Å². The average molecular weight is 303 g/mol. The molecule has 0 saturated heterocycles. The molecule has 0 fully saturated rings. The Morgan fingerprint density at radius 3 is 2.21 bits per heavy atom. The number of nitrogens with one attached hydrogen (secondary N) is 1. The van der Waals surface area contributed by atoms with Gasteiger partial charge < -0.3 is 11.1 Å². The van der Waals surface area contributed by atoms with Crippen molar-refractivity contribution in [1.82, 2.24) is 0 Å². The first-order valence-corrected chi connectivity index (χ1v) is 6.11. The van der Waals surface area contributed by atoms with Crippen LogP contribution in [0.3, 0.4) is 0 Å². The molecule has 2 aromatic rings. The second kappa shape index (κ2) is 5.23. The standard InChI is InChI=1S/C13H10Cl2F2N2/c1-6-2-12(11(18)5-10(6)16)19-7-3-8(14)13(17)9(15)4-7/h2-5,19H,18H2,1H3. The van der Waals surface area contributed by atoms with Gasteiger partial charge in [-0.2, -0.15) is 0 Å². The van der Waals surface area contributed by atoms with Gasteiger partial charge in [-0.15, -0.1) is 0 Å². The molecule has 6 heteroatoms. The zero-order valence-corrected chi connectivity index (χ0v) is 11.4. The molecule has 0 spiro atoms. The van der Waals surface area contributed by atoms with E-state index >= 15 is 0 Å². The van der Waals surface area contributed by atoms with Gasteiger partial charge in [0.25, 0.3) is 0 Å². The van der Waals surface area contributed by atoms with Crippen LogP contribution < -0.4 is 11.1 Å². The number of halogens is 4. The maximum atomic E-state index is 13.3. The third-order valence-corrected chi connectivity index (χ3v) is 3.14. The molecule has 19 heavy (non-hydrogen) atoms. The Morgan fingerprint density at radius 1 is 1.05 bits per heavy atom. The maximum absolute atomic E-state index is 13.3. The van der Waals surface area contributed by atoms with Crippen molar-refractivity contribution in [2.45, 2.75) is 6.92 Å². The summed E-state index contributed by atoms with van der Waals surface area (Å²) in [5, 5.41) is 2.71. The van der Waals surface area contributed by atoms with E-state index in [4.69, 9.17) is 28.9 Å². The molecule has 0 unspecified atom stereocenters. The lowest BCUT2D eigenvalue weighted by Gasteiger charge is -2.12. The molecule has 0 bridgehead atoms. The number of nitrogen functional groups attached to an aromatic ring is 1. The smallest absolute Gasteiger partial charge is 0.160 e. The molecular formula is C13H10Cl2F2N2. The molecule has 0 amide bonds. The van der Waals surface area contributed by atoms with E-state index < -0.39 is 11.6 Å². The second-order valence-corrected chi connectivity index (χ2v) is 4.88. The van der Waals surface area contributed by atoms with E-state index in [1.54, 1.807) is 13.0 Å². The molecule has 100 valence electrons. The third kappa shape index (κ3) is 2.91. The summed E-state index contributed by atoms with van der Waals surface area (Å²) in [4.78, 5) is 0. The zero-order valence-electron chi connectivity index (χ0n) is 9.90. The number of aryl methyl sites for hydroxylation is 1. The lowest BCUT2D eigenvalue weighted by molar-refractivity contribution is 0.619. The molecule has 0 aromatic heterocycles. The first-order chi connectivity index (χ1) is 8.88. The van der Waals surface area contributed by atoms with E-state index in [0.717, 1.165) is 0 Å². The van der Waals surface area contributed by atoms with Gasteiger partial charge in [-0.3, -0.25) is 0 Å². The Kier molecular flexibility index (Phi) is 3.83. The number of benzene rings is 2. The van der Waals surface area contributed by atoms with Gasteiger partial charge in [0.2, 0.25) is 0 Å². The van der Waals surface area contributed by atoms with E-state index in [1.807, 2.05) is 0 Å². The fourth-order valence-corrected chi connectivity index (χ4v) is 2.08. The molecular weight excluding hydrogens is 293 g/mol. The summed E-state index contributed by atoms with van der Waals surface area (Å²) in [5.41, 5.74) is 7.34. The summed E-state index contributed by atoms with van der Waals surface area (Å²) >= 11 is 11.4. The summed E-state index contributed by atoms with van der Waals surface area (Å²) in [7, 11) is 0. The number of nitrogens with two attached hydrogens (primary N) is 1. The van der Waals surface area contributed by atoms with Crippen LogP contribution in [-0.4, -0.2) is 0 Å². The Labute approximate surface area is 119 Å². The Morgan fingerprint density at radius 2 is 1.63 bits per heavy atom. The Balaban J connectivity index is 2.39. The van der Waals surface area contributed by atoms with Crippen molar-refractivity contribution in [1.29, 1.82) is 0 Å². The van der Waals surface area contributed by atoms with Crippen LogP contribution in [0.4, 0.5) is 25.8 Å². The number of hydrogen-bond donors (Lipinski definition) is 2. The van der Waals surface area contributed by atoms with Crippen LogP contribution in [0.1, 0.15) is 5.56 Å². The van der Waals surface area contributed by atoms with Crippen LogP contribution in [0.15, 0.2) is 24.3 Å². The van der Waals surface area contributed by atoms with E-state index in [1.165, 1.54) is 18.2 Å². The molecule has 3 N–H and O–H groups in total. The zero-order chi connectivity index (χ0) is 14.2.